The van der Waals surface area contributed by atoms with Gasteiger partial charge in [-0.05, 0) is 59.3 Å². The molecule has 0 radical (unpaired) electrons. The van der Waals surface area contributed by atoms with Crippen molar-refractivity contribution in [3.8, 4) is 16.3 Å². The van der Waals surface area contributed by atoms with Crippen LogP contribution < -0.4 is 10.1 Å². The van der Waals surface area contributed by atoms with E-state index in [0.717, 1.165) is 37.2 Å². The van der Waals surface area contributed by atoms with Gasteiger partial charge in [-0.2, -0.15) is 0 Å². The van der Waals surface area contributed by atoms with E-state index in [9.17, 15) is 4.79 Å². The SMILES string of the molecule is O=C(COc1ccc2ccccc2c1)Nc1ccc(-c2nc3ccccc3s2)cc1. The van der Waals surface area contributed by atoms with Crippen LogP contribution >= 0.6 is 11.3 Å². The van der Waals surface area contributed by atoms with E-state index in [2.05, 4.69) is 16.4 Å². The lowest BCUT2D eigenvalue weighted by Gasteiger charge is -2.09. The third-order valence-corrected chi connectivity index (χ3v) is 5.89. The van der Waals surface area contributed by atoms with Crippen molar-refractivity contribution in [3.05, 3.63) is 91.0 Å². The number of thiazole rings is 1. The summed E-state index contributed by atoms with van der Waals surface area (Å²) < 4.78 is 6.82. The lowest BCUT2D eigenvalue weighted by atomic mass is 10.1. The highest BCUT2D eigenvalue weighted by Crippen LogP contribution is 2.30. The topological polar surface area (TPSA) is 51.2 Å². The maximum Gasteiger partial charge on any atom is 0.262 e. The van der Waals surface area contributed by atoms with Crippen molar-refractivity contribution in [2.24, 2.45) is 0 Å². The van der Waals surface area contributed by atoms with Crippen molar-refractivity contribution in [3.63, 3.8) is 0 Å². The van der Waals surface area contributed by atoms with Gasteiger partial charge in [0.25, 0.3) is 5.91 Å². The zero-order valence-electron chi connectivity index (χ0n) is 16.0. The largest absolute Gasteiger partial charge is 0.484 e. The fraction of sp³-hybridized carbons (Fsp3) is 0.0400. The quantitative estimate of drug-likeness (QED) is 0.379. The van der Waals surface area contributed by atoms with Gasteiger partial charge in [0.2, 0.25) is 0 Å². The Balaban J connectivity index is 1.22. The molecule has 5 aromatic rings. The fourth-order valence-corrected chi connectivity index (χ4v) is 4.27. The molecule has 30 heavy (non-hydrogen) atoms. The van der Waals surface area contributed by atoms with E-state index in [1.54, 1.807) is 11.3 Å². The van der Waals surface area contributed by atoms with Crippen LogP contribution in [0, 0.1) is 0 Å². The molecule has 0 saturated heterocycles. The number of hydrogen-bond acceptors (Lipinski definition) is 4. The molecular weight excluding hydrogens is 392 g/mol. The van der Waals surface area contributed by atoms with Crippen LogP contribution in [-0.2, 0) is 4.79 Å². The first kappa shape index (κ1) is 18.3. The van der Waals surface area contributed by atoms with Crippen molar-refractivity contribution in [2.75, 3.05) is 11.9 Å². The normalized spacial score (nSPS) is 10.9. The maximum absolute atomic E-state index is 12.3. The van der Waals surface area contributed by atoms with Crippen LogP contribution in [-0.4, -0.2) is 17.5 Å². The van der Waals surface area contributed by atoms with Crippen molar-refractivity contribution in [1.29, 1.82) is 0 Å². The number of carbonyl (C=O) groups excluding carboxylic acids is 1. The van der Waals surface area contributed by atoms with Crippen molar-refractivity contribution < 1.29 is 9.53 Å². The Hall–Kier alpha value is -3.70. The van der Waals surface area contributed by atoms with Crippen molar-refractivity contribution in [2.45, 2.75) is 0 Å². The predicted octanol–water partition coefficient (Wildman–Crippen LogP) is 6.13. The predicted molar refractivity (Wildman–Crippen MR) is 123 cm³/mol. The molecule has 1 amide bonds. The van der Waals surface area contributed by atoms with Gasteiger partial charge in [0.05, 0.1) is 10.2 Å². The van der Waals surface area contributed by atoms with Gasteiger partial charge in [0.15, 0.2) is 6.61 Å². The van der Waals surface area contributed by atoms with Gasteiger partial charge in [-0.3, -0.25) is 4.79 Å². The molecule has 5 rings (SSSR count). The monoisotopic (exact) mass is 410 g/mol. The number of anilines is 1. The summed E-state index contributed by atoms with van der Waals surface area (Å²) in [5.74, 6) is 0.478. The van der Waals surface area contributed by atoms with E-state index >= 15 is 0 Å². The van der Waals surface area contributed by atoms with Crippen LogP contribution in [0.3, 0.4) is 0 Å². The molecular formula is C25H18N2O2S. The molecule has 4 aromatic carbocycles. The average molecular weight is 410 g/mol. The summed E-state index contributed by atoms with van der Waals surface area (Å²) in [6.07, 6.45) is 0. The Morgan fingerprint density at radius 1 is 0.867 bits per heavy atom. The summed E-state index contributed by atoms with van der Waals surface area (Å²) in [5.41, 5.74) is 2.76. The lowest BCUT2D eigenvalue weighted by molar-refractivity contribution is -0.118. The number of amides is 1. The van der Waals surface area contributed by atoms with Crippen LogP contribution in [0.2, 0.25) is 0 Å². The Morgan fingerprint density at radius 2 is 1.63 bits per heavy atom. The van der Waals surface area contributed by atoms with Gasteiger partial charge in [0, 0.05) is 11.3 Å². The molecule has 4 nitrogen and oxygen atoms in total. The molecule has 1 heterocycles. The number of rotatable bonds is 5. The molecule has 0 spiro atoms. The summed E-state index contributed by atoms with van der Waals surface area (Å²) in [6, 6.07) is 29.7. The zero-order valence-corrected chi connectivity index (χ0v) is 16.9. The number of aromatic nitrogens is 1. The summed E-state index contributed by atoms with van der Waals surface area (Å²) in [4.78, 5) is 16.9. The minimum atomic E-state index is -0.198. The lowest BCUT2D eigenvalue weighted by Crippen LogP contribution is -2.20. The first-order valence-electron chi connectivity index (χ1n) is 9.62. The molecule has 1 aromatic heterocycles. The third kappa shape index (κ3) is 3.88. The molecule has 0 aliphatic rings. The molecule has 0 bridgehead atoms. The highest BCUT2D eigenvalue weighted by Gasteiger charge is 2.08. The van der Waals surface area contributed by atoms with Crippen LogP contribution in [0.5, 0.6) is 5.75 Å². The van der Waals surface area contributed by atoms with Crippen molar-refractivity contribution in [1.82, 2.24) is 4.98 Å². The van der Waals surface area contributed by atoms with E-state index in [4.69, 9.17) is 4.74 Å². The van der Waals surface area contributed by atoms with Crippen LogP contribution in [0.4, 0.5) is 5.69 Å². The first-order valence-corrected chi connectivity index (χ1v) is 10.4. The molecule has 0 atom stereocenters. The second-order valence-electron chi connectivity index (χ2n) is 6.91. The van der Waals surface area contributed by atoms with E-state index in [1.807, 2.05) is 84.9 Å². The minimum Gasteiger partial charge on any atom is -0.484 e. The number of fused-ring (bicyclic) bond motifs is 2. The van der Waals surface area contributed by atoms with Gasteiger partial charge in [-0.1, -0.05) is 42.5 Å². The molecule has 0 fully saturated rings. The molecule has 5 heteroatoms. The highest BCUT2D eigenvalue weighted by molar-refractivity contribution is 7.21. The van der Waals surface area contributed by atoms with E-state index in [1.165, 1.54) is 0 Å². The number of ether oxygens (including phenoxy) is 1. The molecule has 0 saturated carbocycles. The Morgan fingerprint density at radius 3 is 2.47 bits per heavy atom. The summed E-state index contributed by atoms with van der Waals surface area (Å²) in [7, 11) is 0. The number of nitrogens with one attached hydrogen (secondary N) is 1. The van der Waals surface area contributed by atoms with Gasteiger partial charge < -0.3 is 10.1 Å². The second-order valence-corrected chi connectivity index (χ2v) is 7.94. The van der Waals surface area contributed by atoms with E-state index < -0.39 is 0 Å². The smallest absolute Gasteiger partial charge is 0.262 e. The average Bonchev–Trinajstić information content (AvgIpc) is 3.22. The highest BCUT2D eigenvalue weighted by atomic mass is 32.1. The Labute approximate surface area is 177 Å². The molecule has 0 aliphatic carbocycles. The summed E-state index contributed by atoms with van der Waals surface area (Å²) >= 11 is 1.66. The van der Waals surface area contributed by atoms with Gasteiger partial charge in [0.1, 0.15) is 10.8 Å². The standard InChI is InChI=1S/C25H18N2O2S/c28-24(16-29-21-14-11-17-5-1-2-6-19(17)15-21)26-20-12-9-18(10-13-20)25-27-22-7-3-4-8-23(22)30-25/h1-15H,16H2,(H,26,28). The number of carbonyl (C=O) groups is 1. The fourth-order valence-electron chi connectivity index (χ4n) is 3.29. The van der Waals surface area contributed by atoms with Crippen LogP contribution in [0.15, 0.2) is 91.0 Å². The molecule has 1 N–H and O–H groups in total. The number of hydrogen-bond donors (Lipinski definition) is 1. The number of para-hydroxylation sites is 1. The molecule has 146 valence electrons. The summed E-state index contributed by atoms with van der Waals surface area (Å²) in [5, 5.41) is 6.07. The zero-order chi connectivity index (χ0) is 20.3. The van der Waals surface area contributed by atoms with E-state index in [-0.39, 0.29) is 12.5 Å². The molecule has 0 unspecified atom stereocenters. The first-order chi connectivity index (χ1) is 14.7. The number of benzene rings is 4. The molecule has 0 aliphatic heterocycles. The third-order valence-electron chi connectivity index (χ3n) is 4.80. The van der Waals surface area contributed by atoms with Gasteiger partial charge in [-0.15, -0.1) is 11.3 Å². The van der Waals surface area contributed by atoms with Crippen molar-refractivity contribution >= 4 is 43.9 Å². The van der Waals surface area contributed by atoms with Crippen LogP contribution in [0.1, 0.15) is 0 Å². The Bertz CT molecular complexity index is 1310. The maximum atomic E-state index is 12.3. The van der Waals surface area contributed by atoms with E-state index in [0.29, 0.717) is 5.75 Å². The Kier molecular flexibility index (Phi) is 4.87. The van der Waals surface area contributed by atoms with Crippen LogP contribution in [0.25, 0.3) is 31.6 Å². The van der Waals surface area contributed by atoms with Gasteiger partial charge >= 0.3 is 0 Å². The minimum absolute atomic E-state index is 0.0437. The second kappa shape index (κ2) is 7.97. The van der Waals surface area contributed by atoms with Gasteiger partial charge in [-0.25, -0.2) is 4.98 Å². The summed E-state index contributed by atoms with van der Waals surface area (Å²) in [6.45, 7) is -0.0437. The number of nitrogens with zero attached hydrogens (tertiary/aromatic N) is 1.